The van der Waals surface area contributed by atoms with Gasteiger partial charge in [-0.2, -0.15) is 0 Å². The van der Waals surface area contributed by atoms with Gasteiger partial charge in [0.2, 0.25) is 5.91 Å². The zero-order valence-electron chi connectivity index (χ0n) is 14.8. The summed E-state index contributed by atoms with van der Waals surface area (Å²) in [4.78, 5) is 30.9. The second-order valence-corrected chi connectivity index (χ2v) is 7.11. The first kappa shape index (κ1) is 17.9. The van der Waals surface area contributed by atoms with E-state index in [1.54, 1.807) is 4.90 Å². The van der Waals surface area contributed by atoms with Crippen molar-refractivity contribution in [1.82, 2.24) is 14.7 Å². The van der Waals surface area contributed by atoms with Gasteiger partial charge in [-0.1, -0.05) is 30.3 Å². The quantitative estimate of drug-likeness (QED) is 0.891. The average molecular weight is 345 g/mol. The van der Waals surface area contributed by atoms with Gasteiger partial charge in [0.1, 0.15) is 6.04 Å². The summed E-state index contributed by atoms with van der Waals surface area (Å²) in [5.74, 6) is -1.20. The van der Waals surface area contributed by atoms with E-state index >= 15 is 0 Å². The molecule has 0 saturated carbocycles. The molecule has 2 aliphatic heterocycles. The lowest BCUT2D eigenvalue weighted by Crippen LogP contribution is -2.52. The smallest absolute Gasteiger partial charge is 0.308 e. The molecule has 2 unspecified atom stereocenters. The largest absolute Gasteiger partial charge is 0.481 e. The van der Waals surface area contributed by atoms with E-state index in [-0.39, 0.29) is 11.9 Å². The molecule has 1 amide bonds. The predicted octanol–water partition coefficient (Wildman–Crippen LogP) is 1.30. The maximum Gasteiger partial charge on any atom is 0.308 e. The summed E-state index contributed by atoms with van der Waals surface area (Å²) in [6.45, 7) is 4.55. The minimum Gasteiger partial charge on any atom is -0.481 e. The zero-order valence-corrected chi connectivity index (χ0v) is 14.8. The highest BCUT2D eigenvalue weighted by molar-refractivity contribution is 5.84. The molecule has 1 aromatic rings. The second kappa shape index (κ2) is 7.97. The van der Waals surface area contributed by atoms with Crippen LogP contribution >= 0.6 is 0 Å². The molecule has 6 heteroatoms. The number of carboxylic acid groups (broad SMARTS) is 1. The first-order chi connectivity index (χ1) is 12.1. The summed E-state index contributed by atoms with van der Waals surface area (Å²) < 4.78 is 0. The number of piperazine rings is 1. The van der Waals surface area contributed by atoms with Gasteiger partial charge >= 0.3 is 5.97 Å². The molecule has 2 heterocycles. The van der Waals surface area contributed by atoms with Crippen LogP contribution in [0.4, 0.5) is 0 Å². The number of hydrogen-bond donors (Lipinski definition) is 1. The number of rotatable bonds is 4. The van der Waals surface area contributed by atoms with Crippen molar-refractivity contribution >= 4 is 11.9 Å². The predicted molar refractivity (Wildman–Crippen MR) is 95.2 cm³/mol. The van der Waals surface area contributed by atoms with Crippen LogP contribution in [0.5, 0.6) is 0 Å². The van der Waals surface area contributed by atoms with Crippen LogP contribution in [-0.2, 0) is 9.59 Å². The van der Waals surface area contributed by atoms with E-state index in [1.807, 2.05) is 30.3 Å². The minimum atomic E-state index is -0.798. The molecule has 25 heavy (non-hydrogen) atoms. The summed E-state index contributed by atoms with van der Waals surface area (Å²) in [6.07, 6.45) is 1.41. The van der Waals surface area contributed by atoms with E-state index in [0.29, 0.717) is 19.5 Å². The Morgan fingerprint density at radius 3 is 2.40 bits per heavy atom. The van der Waals surface area contributed by atoms with Gasteiger partial charge in [0.05, 0.1) is 5.92 Å². The summed E-state index contributed by atoms with van der Waals surface area (Å²) in [7, 11) is 2.10. The number of carboxylic acids is 1. The number of benzene rings is 1. The fourth-order valence-electron chi connectivity index (χ4n) is 3.78. The number of likely N-dealkylation sites (N-methyl/N-ethyl adjacent to an activating group) is 1. The average Bonchev–Trinajstić information content (AvgIpc) is 2.64. The maximum atomic E-state index is 13.3. The van der Waals surface area contributed by atoms with Crippen molar-refractivity contribution in [3.05, 3.63) is 35.9 Å². The molecular weight excluding hydrogens is 318 g/mol. The molecule has 0 radical (unpaired) electrons. The summed E-state index contributed by atoms with van der Waals surface area (Å²) >= 11 is 0. The van der Waals surface area contributed by atoms with Crippen LogP contribution in [0.25, 0.3) is 0 Å². The van der Waals surface area contributed by atoms with Crippen LogP contribution in [0.15, 0.2) is 30.3 Å². The van der Waals surface area contributed by atoms with Gasteiger partial charge in [0, 0.05) is 39.3 Å². The van der Waals surface area contributed by atoms with E-state index in [1.165, 1.54) is 0 Å². The highest BCUT2D eigenvalue weighted by Gasteiger charge is 2.36. The Morgan fingerprint density at radius 2 is 1.76 bits per heavy atom. The lowest BCUT2D eigenvalue weighted by molar-refractivity contribution is -0.147. The summed E-state index contributed by atoms with van der Waals surface area (Å²) in [6, 6.07) is 9.56. The van der Waals surface area contributed by atoms with Crippen LogP contribution in [0, 0.1) is 5.92 Å². The number of nitrogens with zero attached hydrogens (tertiary/aromatic N) is 3. The molecule has 6 nitrogen and oxygen atoms in total. The van der Waals surface area contributed by atoms with Gasteiger partial charge in [0.25, 0.3) is 0 Å². The van der Waals surface area contributed by atoms with Gasteiger partial charge in [-0.15, -0.1) is 0 Å². The van der Waals surface area contributed by atoms with Gasteiger partial charge < -0.3 is 14.9 Å². The Hall–Kier alpha value is -1.92. The SMILES string of the molecule is CN1CCN(C(C(=O)N2CCCC(C(=O)O)C2)c2ccccc2)CC1. The van der Waals surface area contributed by atoms with E-state index in [4.69, 9.17) is 0 Å². The fourth-order valence-corrected chi connectivity index (χ4v) is 3.78. The highest BCUT2D eigenvalue weighted by Crippen LogP contribution is 2.27. The molecule has 1 N–H and O–H groups in total. The van der Waals surface area contributed by atoms with Crippen LogP contribution in [0.2, 0.25) is 0 Å². The first-order valence-electron chi connectivity index (χ1n) is 9.05. The van der Waals surface area contributed by atoms with Crippen molar-refractivity contribution < 1.29 is 14.7 Å². The molecule has 0 aliphatic carbocycles. The summed E-state index contributed by atoms with van der Waals surface area (Å²) in [5.41, 5.74) is 0.995. The number of aliphatic carboxylic acids is 1. The van der Waals surface area contributed by atoms with Crippen molar-refractivity contribution in [2.24, 2.45) is 5.92 Å². The van der Waals surface area contributed by atoms with Crippen molar-refractivity contribution in [1.29, 1.82) is 0 Å². The molecule has 0 spiro atoms. The normalized spacial score (nSPS) is 24.0. The van der Waals surface area contributed by atoms with Gasteiger partial charge in [-0.25, -0.2) is 0 Å². The van der Waals surface area contributed by atoms with Crippen molar-refractivity contribution in [2.45, 2.75) is 18.9 Å². The van der Waals surface area contributed by atoms with Crippen LogP contribution in [-0.4, -0.2) is 78.0 Å². The Balaban J connectivity index is 1.81. The Labute approximate surface area is 149 Å². The van der Waals surface area contributed by atoms with E-state index < -0.39 is 11.9 Å². The van der Waals surface area contributed by atoms with Crippen molar-refractivity contribution in [2.75, 3.05) is 46.3 Å². The molecule has 2 atom stereocenters. The molecule has 0 bridgehead atoms. The third-order valence-electron chi connectivity index (χ3n) is 5.33. The lowest BCUT2D eigenvalue weighted by Gasteiger charge is -2.40. The Kier molecular flexibility index (Phi) is 5.71. The van der Waals surface area contributed by atoms with Crippen molar-refractivity contribution in [3.63, 3.8) is 0 Å². The lowest BCUT2D eigenvalue weighted by atomic mass is 9.96. The first-order valence-corrected chi connectivity index (χ1v) is 9.05. The number of piperidine rings is 1. The zero-order chi connectivity index (χ0) is 17.8. The molecule has 1 aromatic carbocycles. The third kappa shape index (κ3) is 4.19. The van der Waals surface area contributed by atoms with Gasteiger partial charge in [0.15, 0.2) is 0 Å². The number of hydrogen-bond acceptors (Lipinski definition) is 4. The van der Waals surface area contributed by atoms with E-state index in [9.17, 15) is 14.7 Å². The van der Waals surface area contributed by atoms with Crippen LogP contribution in [0.3, 0.4) is 0 Å². The topological polar surface area (TPSA) is 64.1 Å². The standard InChI is InChI=1S/C19H27N3O3/c1-20-10-12-21(13-11-20)17(15-6-3-2-4-7-15)18(23)22-9-5-8-16(14-22)19(24)25/h2-4,6-7,16-17H,5,8-14H2,1H3,(H,24,25). The van der Waals surface area contributed by atoms with Crippen LogP contribution < -0.4 is 0 Å². The monoisotopic (exact) mass is 345 g/mol. The van der Waals surface area contributed by atoms with E-state index in [0.717, 1.165) is 38.2 Å². The molecule has 136 valence electrons. The summed E-state index contributed by atoms with van der Waals surface area (Å²) in [5, 5.41) is 9.32. The fraction of sp³-hybridized carbons (Fsp3) is 0.579. The molecular formula is C19H27N3O3. The molecule has 2 fully saturated rings. The number of carbonyl (C=O) groups excluding carboxylic acids is 1. The molecule has 3 rings (SSSR count). The van der Waals surface area contributed by atoms with Crippen molar-refractivity contribution in [3.8, 4) is 0 Å². The Bertz CT molecular complexity index is 599. The number of likely N-dealkylation sites (tertiary alicyclic amines) is 1. The molecule has 2 aliphatic rings. The maximum absolute atomic E-state index is 13.3. The number of amides is 1. The Morgan fingerprint density at radius 1 is 1.08 bits per heavy atom. The second-order valence-electron chi connectivity index (χ2n) is 7.11. The van der Waals surface area contributed by atoms with Gasteiger partial charge in [-0.3, -0.25) is 14.5 Å². The molecule has 0 aromatic heterocycles. The van der Waals surface area contributed by atoms with Crippen LogP contribution in [0.1, 0.15) is 24.4 Å². The highest BCUT2D eigenvalue weighted by atomic mass is 16.4. The minimum absolute atomic E-state index is 0.0432. The third-order valence-corrected chi connectivity index (χ3v) is 5.33. The molecule has 2 saturated heterocycles. The number of carbonyl (C=O) groups is 2. The van der Waals surface area contributed by atoms with Gasteiger partial charge in [-0.05, 0) is 25.5 Å². The van der Waals surface area contributed by atoms with E-state index in [2.05, 4.69) is 16.8 Å².